The van der Waals surface area contributed by atoms with Crippen LogP contribution in [0.3, 0.4) is 0 Å². The van der Waals surface area contributed by atoms with Crippen LogP contribution >= 0.6 is 0 Å². The molecule has 1 saturated heterocycles. The second kappa shape index (κ2) is 7.98. The van der Waals surface area contributed by atoms with Gasteiger partial charge in [0.05, 0.1) is 7.11 Å². The summed E-state index contributed by atoms with van der Waals surface area (Å²) in [6, 6.07) is 9.52. The van der Waals surface area contributed by atoms with Crippen molar-refractivity contribution in [3.8, 4) is 5.75 Å². The molecule has 1 aromatic carbocycles. The van der Waals surface area contributed by atoms with Gasteiger partial charge < -0.3 is 14.8 Å². The van der Waals surface area contributed by atoms with E-state index in [0.29, 0.717) is 11.7 Å². The minimum Gasteiger partial charge on any atom is -0.497 e. The van der Waals surface area contributed by atoms with Crippen molar-refractivity contribution in [3.05, 3.63) is 47.7 Å². The molecule has 6 heteroatoms. The number of ether oxygens (including phenoxy) is 2. The van der Waals surface area contributed by atoms with E-state index in [-0.39, 0.29) is 5.91 Å². The van der Waals surface area contributed by atoms with Gasteiger partial charge in [-0.25, -0.2) is 0 Å². The van der Waals surface area contributed by atoms with E-state index in [1.807, 2.05) is 37.3 Å². The first-order valence-electron chi connectivity index (χ1n) is 8.42. The summed E-state index contributed by atoms with van der Waals surface area (Å²) >= 11 is 0. The monoisotopic (exact) mass is 341 g/mol. The second-order valence-corrected chi connectivity index (χ2v) is 6.14. The molecular weight excluding hydrogens is 318 g/mol. The van der Waals surface area contributed by atoms with Crippen LogP contribution in [0.15, 0.2) is 36.4 Å². The van der Waals surface area contributed by atoms with Crippen LogP contribution < -0.4 is 10.1 Å². The van der Waals surface area contributed by atoms with Gasteiger partial charge in [-0.1, -0.05) is 12.1 Å². The number of carbonyl (C=O) groups is 1. The fourth-order valence-electron chi connectivity index (χ4n) is 2.93. The Bertz CT molecular complexity index is 761. The molecule has 6 nitrogen and oxygen atoms in total. The van der Waals surface area contributed by atoms with Crippen molar-refractivity contribution in [2.75, 3.05) is 25.6 Å². The summed E-state index contributed by atoms with van der Waals surface area (Å²) in [7, 11) is 1.62. The normalized spacial score (nSPS) is 15.8. The largest absolute Gasteiger partial charge is 0.497 e. The average molecular weight is 341 g/mol. The van der Waals surface area contributed by atoms with Crippen molar-refractivity contribution in [2.24, 2.45) is 0 Å². The number of carbonyl (C=O) groups excluding carboxylic acids is 1. The Morgan fingerprint density at radius 3 is 2.92 bits per heavy atom. The van der Waals surface area contributed by atoms with Crippen molar-refractivity contribution in [2.45, 2.75) is 25.7 Å². The van der Waals surface area contributed by atoms with Crippen LogP contribution in [0.25, 0.3) is 5.57 Å². The molecule has 0 radical (unpaired) electrons. The third-order valence-electron chi connectivity index (χ3n) is 4.38. The number of aromatic amines is 1. The maximum atomic E-state index is 12.2. The van der Waals surface area contributed by atoms with Gasteiger partial charge in [0.15, 0.2) is 5.82 Å². The summed E-state index contributed by atoms with van der Waals surface area (Å²) in [5, 5.41) is 10.0. The van der Waals surface area contributed by atoms with Crippen LogP contribution in [0.4, 0.5) is 5.82 Å². The Morgan fingerprint density at radius 1 is 1.36 bits per heavy atom. The van der Waals surface area contributed by atoms with E-state index in [9.17, 15) is 4.79 Å². The number of nitrogens with zero attached hydrogens (tertiary/aromatic N) is 1. The molecule has 1 aliphatic rings. The molecule has 25 heavy (non-hydrogen) atoms. The molecule has 2 aromatic rings. The molecule has 0 aliphatic carbocycles. The number of H-pyrrole nitrogens is 1. The lowest BCUT2D eigenvalue weighted by molar-refractivity contribution is -0.111. The minimum atomic E-state index is -0.203. The van der Waals surface area contributed by atoms with Crippen LogP contribution in [0.5, 0.6) is 5.75 Å². The van der Waals surface area contributed by atoms with Gasteiger partial charge >= 0.3 is 0 Å². The van der Waals surface area contributed by atoms with Crippen LogP contribution in [0.1, 0.15) is 36.9 Å². The zero-order chi connectivity index (χ0) is 17.6. The number of aromatic nitrogens is 2. The van der Waals surface area contributed by atoms with Crippen molar-refractivity contribution >= 4 is 17.3 Å². The number of amides is 1. The third-order valence-corrected chi connectivity index (χ3v) is 4.38. The van der Waals surface area contributed by atoms with Gasteiger partial charge in [-0.3, -0.25) is 9.89 Å². The Hall–Kier alpha value is -2.60. The molecule has 0 atom stereocenters. The molecule has 1 fully saturated rings. The zero-order valence-corrected chi connectivity index (χ0v) is 14.5. The fourth-order valence-corrected chi connectivity index (χ4v) is 2.93. The molecule has 0 spiro atoms. The van der Waals surface area contributed by atoms with Gasteiger partial charge in [0.1, 0.15) is 5.75 Å². The highest BCUT2D eigenvalue weighted by atomic mass is 16.5. The van der Waals surface area contributed by atoms with Gasteiger partial charge in [-0.2, -0.15) is 5.10 Å². The van der Waals surface area contributed by atoms with Crippen LogP contribution in [-0.2, 0) is 9.53 Å². The number of benzene rings is 1. The molecule has 2 heterocycles. The first-order chi connectivity index (χ1) is 12.2. The maximum Gasteiger partial charge on any atom is 0.249 e. The summed E-state index contributed by atoms with van der Waals surface area (Å²) in [5.74, 6) is 1.52. The van der Waals surface area contributed by atoms with Crippen molar-refractivity contribution < 1.29 is 14.3 Å². The Balaban J connectivity index is 1.64. The van der Waals surface area contributed by atoms with E-state index in [4.69, 9.17) is 9.47 Å². The van der Waals surface area contributed by atoms with E-state index >= 15 is 0 Å². The summed E-state index contributed by atoms with van der Waals surface area (Å²) < 4.78 is 10.6. The molecule has 1 aromatic heterocycles. The van der Waals surface area contributed by atoms with Gasteiger partial charge in [0.25, 0.3) is 0 Å². The topological polar surface area (TPSA) is 76.2 Å². The van der Waals surface area contributed by atoms with E-state index in [0.717, 1.165) is 48.6 Å². The quantitative estimate of drug-likeness (QED) is 0.818. The number of anilines is 1. The number of hydrogen-bond donors (Lipinski definition) is 2. The summed E-state index contributed by atoms with van der Waals surface area (Å²) in [6.07, 6.45) is 3.52. The summed E-state index contributed by atoms with van der Waals surface area (Å²) in [5.41, 5.74) is 2.85. The fraction of sp³-hybridized carbons (Fsp3) is 0.368. The van der Waals surface area contributed by atoms with E-state index in [2.05, 4.69) is 15.5 Å². The first kappa shape index (κ1) is 17.2. The molecule has 0 bridgehead atoms. The highest BCUT2D eigenvalue weighted by Crippen LogP contribution is 2.26. The number of allylic oxidation sites excluding steroid dienone is 1. The number of hydrogen-bond acceptors (Lipinski definition) is 4. The SMILES string of the molecule is COc1cccc(/C(C)=C/C(=O)Nc2cc(C3CCOCC3)[nH]n2)c1. The van der Waals surface area contributed by atoms with Gasteiger partial charge in [0.2, 0.25) is 5.91 Å². The summed E-state index contributed by atoms with van der Waals surface area (Å²) in [4.78, 5) is 12.2. The van der Waals surface area contributed by atoms with Crippen molar-refractivity contribution in [1.82, 2.24) is 10.2 Å². The standard InChI is InChI=1S/C19H23N3O3/c1-13(15-4-3-5-16(11-15)24-2)10-19(23)20-18-12-17(21-22-18)14-6-8-25-9-7-14/h3-5,10-12,14H,6-9H2,1-2H3,(H2,20,21,22,23)/b13-10+. The van der Waals surface area contributed by atoms with Gasteiger partial charge in [0, 0.05) is 37.0 Å². The lowest BCUT2D eigenvalue weighted by Crippen LogP contribution is -2.14. The molecule has 1 amide bonds. The second-order valence-electron chi connectivity index (χ2n) is 6.14. The van der Waals surface area contributed by atoms with E-state index in [1.54, 1.807) is 13.2 Å². The predicted octanol–water partition coefficient (Wildman–Crippen LogP) is 3.35. The molecule has 2 N–H and O–H groups in total. The lowest BCUT2D eigenvalue weighted by Gasteiger charge is -2.20. The molecule has 0 unspecified atom stereocenters. The molecule has 3 rings (SSSR count). The molecule has 132 valence electrons. The van der Waals surface area contributed by atoms with Crippen LogP contribution in [-0.4, -0.2) is 36.4 Å². The minimum absolute atomic E-state index is 0.203. The van der Waals surface area contributed by atoms with Crippen molar-refractivity contribution in [3.63, 3.8) is 0 Å². The Morgan fingerprint density at radius 2 is 2.16 bits per heavy atom. The predicted molar refractivity (Wildman–Crippen MR) is 96.7 cm³/mol. The molecular formula is C19H23N3O3. The van der Waals surface area contributed by atoms with Crippen LogP contribution in [0, 0.1) is 0 Å². The average Bonchev–Trinajstić information content (AvgIpc) is 3.10. The highest BCUT2D eigenvalue weighted by molar-refractivity contribution is 6.03. The maximum absolute atomic E-state index is 12.2. The summed E-state index contributed by atoms with van der Waals surface area (Å²) in [6.45, 7) is 3.44. The molecule has 0 saturated carbocycles. The third kappa shape index (κ3) is 4.48. The van der Waals surface area contributed by atoms with Crippen molar-refractivity contribution in [1.29, 1.82) is 0 Å². The molecule has 1 aliphatic heterocycles. The number of rotatable bonds is 5. The number of nitrogens with one attached hydrogen (secondary N) is 2. The number of methoxy groups -OCH3 is 1. The zero-order valence-electron chi connectivity index (χ0n) is 14.5. The Labute approximate surface area is 147 Å². The van der Waals surface area contributed by atoms with E-state index < -0.39 is 0 Å². The van der Waals surface area contributed by atoms with E-state index in [1.165, 1.54) is 0 Å². The van der Waals surface area contributed by atoms with Crippen LogP contribution in [0.2, 0.25) is 0 Å². The highest BCUT2D eigenvalue weighted by Gasteiger charge is 2.18. The first-order valence-corrected chi connectivity index (χ1v) is 8.42. The lowest BCUT2D eigenvalue weighted by atomic mass is 9.97. The Kier molecular flexibility index (Phi) is 5.50. The van der Waals surface area contributed by atoms with Gasteiger partial charge in [-0.05, 0) is 43.0 Å². The smallest absolute Gasteiger partial charge is 0.249 e. The van der Waals surface area contributed by atoms with Gasteiger partial charge in [-0.15, -0.1) is 0 Å².